The van der Waals surface area contributed by atoms with Crippen LogP contribution in [0.25, 0.3) is 23.2 Å². The normalized spacial score (nSPS) is 12.3. The van der Waals surface area contributed by atoms with Crippen molar-refractivity contribution in [3.8, 4) is 0 Å². The zero-order valence-corrected chi connectivity index (χ0v) is 10.9. The summed E-state index contributed by atoms with van der Waals surface area (Å²) in [6.45, 7) is 0. The lowest BCUT2D eigenvalue weighted by molar-refractivity contribution is -0.137. The number of fused-ring (bicyclic) bond motifs is 1. The van der Waals surface area contributed by atoms with E-state index in [1.807, 2.05) is 24.3 Å². The van der Waals surface area contributed by atoms with Crippen molar-refractivity contribution in [3.63, 3.8) is 0 Å². The fourth-order valence-electron chi connectivity index (χ4n) is 2.12. The molecule has 1 N–H and O–H groups in total. The molecule has 0 aliphatic carbocycles. The Kier molecular flexibility index (Phi) is 3.25. The summed E-state index contributed by atoms with van der Waals surface area (Å²) in [5.74, 6) is 0.521. The van der Waals surface area contributed by atoms with Gasteiger partial charge in [0.25, 0.3) is 0 Å². The van der Waals surface area contributed by atoms with Gasteiger partial charge in [0.15, 0.2) is 0 Å². The Morgan fingerprint density at radius 3 is 2.38 bits per heavy atom. The van der Waals surface area contributed by atoms with Crippen LogP contribution in [0.2, 0.25) is 0 Å². The van der Waals surface area contributed by atoms with Gasteiger partial charge in [0.1, 0.15) is 5.82 Å². The molecule has 0 spiro atoms. The molecule has 106 valence electrons. The number of aromatic nitrogens is 2. The molecular formula is C16H11F3N2. The highest BCUT2D eigenvalue weighted by molar-refractivity contribution is 5.78. The minimum absolute atomic E-state index is 0.116. The number of halogens is 3. The molecule has 1 aromatic heterocycles. The van der Waals surface area contributed by atoms with Crippen molar-refractivity contribution < 1.29 is 13.2 Å². The number of nitrogens with zero attached hydrogens (tertiary/aromatic N) is 1. The number of imidazole rings is 1. The molecule has 0 aliphatic rings. The monoisotopic (exact) mass is 288 g/mol. The Balaban J connectivity index is 1.96. The average molecular weight is 288 g/mol. The van der Waals surface area contributed by atoms with Gasteiger partial charge in [0.05, 0.1) is 16.6 Å². The summed E-state index contributed by atoms with van der Waals surface area (Å²) >= 11 is 0. The molecule has 0 atom stereocenters. The van der Waals surface area contributed by atoms with E-state index >= 15 is 0 Å². The largest absolute Gasteiger partial charge is 0.416 e. The van der Waals surface area contributed by atoms with E-state index in [2.05, 4.69) is 9.97 Å². The van der Waals surface area contributed by atoms with Gasteiger partial charge in [0, 0.05) is 0 Å². The lowest BCUT2D eigenvalue weighted by atomic mass is 10.1. The first-order chi connectivity index (χ1) is 10.0. The Hall–Kier alpha value is -2.56. The van der Waals surface area contributed by atoms with Crippen LogP contribution in [0, 0.1) is 0 Å². The molecule has 3 aromatic rings. The SMILES string of the molecule is FC(F)(F)c1ccccc1C=Cc1nc2ccccc2[nH]1. The number of nitrogens with one attached hydrogen (secondary N) is 1. The van der Waals surface area contributed by atoms with Gasteiger partial charge in [-0.2, -0.15) is 13.2 Å². The van der Waals surface area contributed by atoms with E-state index in [1.165, 1.54) is 18.2 Å². The highest BCUT2D eigenvalue weighted by Gasteiger charge is 2.32. The number of rotatable bonds is 2. The second kappa shape index (κ2) is 5.09. The third-order valence-corrected chi connectivity index (χ3v) is 3.09. The van der Waals surface area contributed by atoms with Crippen LogP contribution in [0.4, 0.5) is 13.2 Å². The van der Waals surface area contributed by atoms with Crippen molar-refractivity contribution in [2.24, 2.45) is 0 Å². The summed E-state index contributed by atoms with van der Waals surface area (Å²) in [4.78, 5) is 7.34. The Morgan fingerprint density at radius 2 is 1.62 bits per heavy atom. The number of hydrogen-bond donors (Lipinski definition) is 1. The lowest BCUT2D eigenvalue weighted by Crippen LogP contribution is -2.06. The molecule has 3 rings (SSSR count). The Labute approximate surface area is 119 Å². The van der Waals surface area contributed by atoms with Gasteiger partial charge >= 0.3 is 6.18 Å². The lowest BCUT2D eigenvalue weighted by Gasteiger charge is -2.09. The van der Waals surface area contributed by atoms with Crippen LogP contribution in [-0.4, -0.2) is 9.97 Å². The Bertz CT molecular complexity index is 767. The maximum Gasteiger partial charge on any atom is 0.416 e. The van der Waals surface area contributed by atoms with E-state index in [-0.39, 0.29) is 5.56 Å². The van der Waals surface area contributed by atoms with E-state index in [0.29, 0.717) is 5.82 Å². The van der Waals surface area contributed by atoms with Crippen LogP contribution < -0.4 is 0 Å². The maximum atomic E-state index is 12.9. The third kappa shape index (κ3) is 2.81. The fraction of sp³-hybridized carbons (Fsp3) is 0.0625. The van der Waals surface area contributed by atoms with Crippen LogP contribution in [0.15, 0.2) is 48.5 Å². The minimum Gasteiger partial charge on any atom is -0.338 e. The zero-order valence-electron chi connectivity index (χ0n) is 10.9. The summed E-state index contributed by atoms with van der Waals surface area (Å²) in [5, 5.41) is 0. The van der Waals surface area contributed by atoms with E-state index in [4.69, 9.17) is 0 Å². The highest BCUT2D eigenvalue weighted by Crippen LogP contribution is 2.32. The maximum absolute atomic E-state index is 12.9. The molecule has 2 aromatic carbocycles. The molecule has 2 nitrogen and oxygen atoms in total. The third-order valence-electron chi connectivity index (χ3n) is 3.09. The number of alkyl halides is 3. The molecule has 0 radical (unpaired) electrons. The van der Waals surface area contributed by atoms with Gasteiger partial charge in [-0.15, -0.1) is 0 Å². The first-order valence-electron chi connectivity index (χ1n) is 6.33. The van der Waals surface area contributed by atoms with Crippen LogP contribution in [0.1, 0.15) is 17.0 Å². The standard InChI is InChI=1S/C16H11F3N2/c17-16(18,19)12-6-2-1-5-11(12)9-10-15-20-13-7-3-4-8-14(13)21-15/h1-10H,(H,20,21). The summed E-state index contributed by atoms with van der Waals surface area (Å²) in [7, 11) is 0. The van der Waals surface area contributed by atoms with Gasteiger partial charge in [-0.05, 0) is 29.8 Å². The van der Waals surface area contributed by atoms with Gasteiger partial charge in [-0.25, -0.2) is 4.98 Å². The molecule has 0 bridgehead atoms. The smallest absolute Gasteiger partial charge is 0.338 e. The van der Waals surface area contributed by atoms with E-state index < -0.39 is 11.7 Å². The molecule has 0 saturated heterocycles. The fourth-order valence-corrected chi connectivity index (χ4v) is 2.12. The number of benzene rings is 2. The molecule has 5 heteroatoms. The molecule has 0 saturated carbocycles. The second-order valence-electron chi connectivity index (χ2n) is 4.56. The molecule has 1 heterocycles. The van der Waals surface area contributed by atoms with Crippen LogP contribution in [0.5, 0.6) is 0 Å². The first kappa shape index (κ1) is 13.4. The van der Waals surface area contributed by atoms with Crippen molar-refractivity contribution in [1.29, 1.82) is 0 Å². The minimum atomic E-state index is -4.37. The molecule has 0 amide bonds. The molecule has 0 aliphatic heterocycles. The summed E-state index contributed by atoms with van der Waals surface area (Å²) in [5.41, 5.74) is 1.09. The van der Waals surface area contributed by atoms with Crippen molar-refractivity contribution in [2.75, 3.05) is 0 Å². The van der Waals surface area contributed by atoms with E-state index in [0.717, 1.165) is 17.1 Å². The predicted molar refractivity (Wildman–Crippen MR) is 76.5 cm³/mol. The van der Waals surface area contributed by atoms with Crippen LogP contribution in [-0.2, 0) is 6.18 Å². The molecule has 0 fully saturated rings. The van der Waals surface area contributed by atoms with Crippen molar-refractivity contribution in [2.45, 2.75) is 6.18 Å². The van der Waals surface area contributed by atoms with Gasteiger partial charge in [-0.3, -0.25) is 0 Å². The average Bonchev–Trinajstić information content (AvgIpc) is 2.87. The molecule has 0 unspecified atom stereocenters. The van der Waals surface area contributed by atoms with Crippen molar-refractivity contribution in [3.05, 3.63) is 65.5 Å². The number of aromatic amines is 1. The van der Waals surface area contributed by atoms with E-state index in [9.17, 15) is 13.2 Å². The Morgan fingerprint density at radius 1 is 0.905 bits per heavy atom. The number of hydrogen-bond acceptors (Lipinski definition) is 1. The molecular weight excluding hydrogens is 277 g/mol. The highest BCUT2D eigenvalue weighted by atomic mass is 19.4. The van der Waals surface area contributed by atoms with Gasteiger partial charge in [-0.1, -0.05) is 36.4 Å². The van der Waals surface area contributed by atoms with Crippen LogP contribution in [0.3, 0.4) is 0 Å². The van der Waals surface area contributed by atoms with Gasteiger partial charge < -0.3 is 4.98 Å². The number of H-pyrrole nitrogens is 1. The molecule has 21 heavy (non-hydrogen) atoms. The summed E-state index contributed by atoms with van der Waals surface area (Å²) in [6, 6.07) is 12.9. The first-order valence-corrected chi connectivity index (χ1v) is 6.33. The van der Waals surface area contributed by atoms with Crippen molar-refractivity contribution in [1.82, 2.24) is 9.97 Å². The summed E-state index contributed by atoms with van der Waals surface area (Å²) < 4.78 is 38.7. The second-order valence-corrected chi connectivity index (χ2v) is 4.56. The number of para-hydroxylation sites is 2. The predicted octanol–water partition coefficient (Wildman–Crippen LogP) is 4.75. The topological polar surface area (TPSA) is 28.7 Å². The van der Waals surface area contributed by atoms with Crippen molar-refractivity contribution >= 4 is 23.2 Å². The van der Waals surface area contributed by atoms with Crippen LogP contribution >= 0.6 is 0 Å². The van der Waals surface area contributed by atoms with Gasteiger partial charge in [0.2, 0.25) is 0 Å². The van der Waals surface area contributed by atoms with E-state index in [1.54, 1.807) is 12.1 Å². The zero-order chi connectivity index (χ0) is 14.9. The quantitative estimate of drug-likeness (QED) is 0.724. The summed E-state index contributed by atoms with van der Waals surface area (Å²) in [6.07, 6.45) is -1.40.